The summed E-state index contributed by atoms with van der Waals surface area (Å²) in [5.74, 6) is 1.48. The lowest BCUT2D eigenvalue weighted by Gasteiger charge is -2.11. The van der Waals surface area contributed by atoms with Crippen LogP contribution in [-0.4, -0.2) is 24.8 Å². The fourth-order valence-corrected chi connectivity index (χ4v) is 2.06. The summed E-state index contributed by atoms with van der Waals surface area (Å²) in [5, 5.41) is 0. The summed E-state index contributed by atoms with van der Waals surface area (Å²) in [6, 6.07) is 7.53. The van der Waals surface area contributed by atoms with Gasteiger partial charge in [0.15, 0.2) is 0 Å². The molecule has 1 atom stereocenters. The molecule has 0 spiro atoms. The Morgan fingerprint density at radius 2 is 1.95 bits per heavy atom. The first-order valence-corrected chi connectivity index (χ1v) is 7.64. The largest absolute Gasteiger partial charge is 0.494 e. The predicted octanol–water partition coefficient (Wildman–Crippen LogP) is 3.54. The normalized spacial score (nSPS) is 12.1. The number of hydrogen-bond donors (Lipinski definition) is 1. The van der Waals surface area contributed by atoms with Crippen LogP contribution < -0.4 is 10.5 Å². The van der Waals surface area contributed by atoms with E-state index in [1.54, 1.807) is 0 Å². The van der Waals surface area contributed by atoms with Crippen LogP contribution in [0.25, 0.3) is 0 Å². The van der Waals surface area contributed by atoms with Crippen LogP contribution in [0.3, 0.4) is 0 Å². The Balaban J connectivity index is 2.10. The summed E-state index contributed by atoms with van der Waals surface area (Å²) < 4.78 is 11.3. The monoisotopic (exact) mass is 295 g/mol. The molecule has 0 saturated carbocycles. The van der Waals surface area contributed by atoms with Gasteiger partial charge in [-0.15, -0.1) is 0 Å². The molecule has 3 nitrogen and oxygen atoms in total. The maximum absolute atomic E-state index is 5.63. The average molecular weight is 295 g/mol. The number of benzene rings is 1. The Morgan fingerprint density at radius 1 is 1.25 bits per heavy atom. The van der Waals surface area contributed by atoms with Crippen molar-refractivity contribution in [2.24, 2.45) is 11.7 Å². The quantitative estimate of drug-likeness (QED) is 0.529. The van der Waals surface area contributed by atoms with Crippen molar-refractivity contribution in [1.29, 1.82) is 0 Å². The molecule has 0 aliphatic carbocycles. The SMILES string of the molecule is CCCC(C)COCCCOc1ccc(C(N)=S)cc1. The van der Waals surface area contributed by atoms with E-state index in [0.29, 0.717) is 17.5 Å². The first-order chi connectivity index (χ1) is 9.63. The van der Waals surface area contributed by atoms with Gasteiger partial charge in [-0.1, -0.05) is 32.5 Å². The zero-order chi connectivity index (χ0) is 14.8. The van der Waals surface area contributed by atoms with Crippen molar-refractivity contribution < 1.29 is 9.47 Å². The molecule has 0 radical (unpaired) electrons. The lowest BCUT2D eigenvalue weighted by molar-refractivity contribution is 0.0910. The lowest BCUT2D eigenvalue weighted by atomic mass is 10.1. The van der Waals surface area contributed by atoms with Gasteiger partial charge in [0.2, 0.25) is 0 Å². The van der Waals surface area contributed by atoms with Crippen LogP contribution in [0.4, 0.5) is 0 Å². The molecular weight excluding hydrogens is 270 g/mol. The van der Waals surface area contributed by atoms with Crippen molar-refractivity contribution in [1.82, 2.24) is 0 Å². The molecule has 0 aromatic heterocycles. The molecule has 0 heterocycles. The molecule has 4 heteroatoms. The zero-order valence-corrected chi connectivity index (χ0v) is 13.2. The average Bonchev–Trinajstić information content (AvgIpc) is 2.43. The van der Waals surface area contributed by atoms with E-state index in [2.05, 4.69) is 13.8 Å². The van der Waals surface area contributed by atoms with Crippen LogP contribution in [0.2, 0.25) is 0 Å². The van der Waals surface area contributed by atoms with Gasteiger partial charge in [0.25, 0.3) is 0 Å². The Bertz CT molecular complexity index is 392. The molecule has 0 aliphatic rings. The van der Waals surface area contributed by atoms with Gasteiger partial charge in [0.1, 0.15) is 10.7 Å². The second kappa shape index (κ2) is 9.72. The second-order valence-electron chi connectivity index (χ2n) is 5.06. The number of nitrogens with two attached hydrogens (primary N) is 1. The number of rotatable bonds is 10. The minimum Gasteiger partial charge on any atom is -0.494 e. The van der Waals surface area contributed by atoms with Crippen molar-refractivity contribution in [2.45, 2.75) is 33.1 Å². The van der Waals surface area contributed by atoms with Crippen molar-refractivity contribution in [3.05, 3.63) is 29.8 Å². The van der Waals surface area contributed by atoms with E-state index in [0.717, 1.165) is 30.9 Å². The van der Waals surface area contributed by atoms with Gasteiger partial charge in [-0.05, 0) is 36.6 Å². The summed E-state index contributed by atoms with van der Waals surface area (Å²) >= 11 is 4.90. The minimum absolute atomic E-state index is 0.408. The molecule has 0 bridgehead atoms. The van der Waals surface area contributed by atoms with Gasteiger partial charge in [0.05, 0.1) is 6.61 Å². The van der Waals surface area contributed by atoms with Gasteiger partial charge < -0.3 is 15.2 Å². The van der Waals surface area contributed by atoms with Crippen LogP contribution in [0.15, 0.2) is 24.3 Å². The van der Waals surface area contributed by atoms with Crippen molar-refractivity contribution in [3.63, 3.8) is 0 Å². The van der Waals surface area contributed by atoms with Gasteiger partial charge in [0, 0.05) is 25.2 Å². The van der Waals surface area contributed by atoms with E-state index in [-0.39, 0.29) is 0 Å². The first kappa shape index (κ1) is 16.9. The zero-order valence-electron chi connectivity index (χ0n) is 12.4. The summed E-state index contributed by atoms with van der Waals surface area (Å²) in [6.07, 6.45) is 3.34. The highest BCUT2D eigenvalue weighted by atomic mass is 32.1. The van der Waals surface area contributed by atoms with Crippen molar-refractivity contribution >= 4 is 17.2 Å². The second-order valence-corrected chi connectivity index (χ2v) is 5.50. The molecule has 0 aliphatic heterocycles. The summed E-state index contributed by atoms with van der Waals surface area (Å²) in [6.45, 7) is 6.68. The highest BCUT2D eigenvalue weighted by molar-refractivity contribution is 7.80. The number of hydrogen-bond acceptors (Lipinski definition) is 3. The van der Waals surface area contributed by atoms with E-state index in [9.17, 15) is 0 Å². The third kappa shape index (κ3) is 6.87. The molecule has 0 amide bonds. The fraction of sp³-hybridized carbons (Fsp3) is 0.562. The van der Waals surface area contributed by atoms with Crippen molar-refractivity contribution in [2.75, 3.05) is 19.8 Å². The molecule has 2 N–H and O–H groups in total. The third-order valence-corrected chi connectivity index (χ3v) is 3.26. The number of thiocarbonyl (C=S) groups is 1. The standard InChI is InChI=1S/C16H25NO2S/c1-3-5-13(2)12-18-10-4-11-19-15-8-6-14(7-9-15)16(17)20/h6-9,13H,3-5,10-12H2,1-2H3,(H2,17,20). The Morgan fingerprint density at radius 3 is 2.55 bits per heavy atom. The summed E-state index contributed by atoms with van der Waals surface area (Å²) in [7, 11) is 0. The minimum atomic E-state index is 0.408. The molecule has 1 aromatic carbocycles. The Labute approximate surface area is 127 Å². The maximum atomic E-state index is 5.63. The van der Waals surface area contributed by atoms with E-state index < -0.39 is 0 Å². The van der Waals surface area contributed by atoms with Gasteiger partial charge in [-0.25, -0.2) is 0 Å². The topological polar surface area (TPSA) is 44.5 Å². The summed E-state index contributed by atoms with van der Waals surface area (Å²) in [4.78, 5) is 0.408. The van der Waals surface area contributed by atoms with E-state index in [1.807, 2.05) is 24.3 Å². The van der Waals surface area contributed by atoms with Crippen LogP contribution in [0.5, 0.6) is 5.75 Å². The van der Waals surface area contributed by atoms with Crippen molar-refractivity contribution in [3.8, 4) is 5.75 Å². The maximum Gasteiger partial charge on any atom is 0.119 e. The summed E-state index contributed by atoms with van der Waals surface area (Å²) in [5.41, 5.74) is 6.40. The van der Waals surface area contributed by atoms with Crippen LogP contribution in [0, 0.1) is 5.92 Å². The molecule has 1 aromatic rings. The van der Waals surface area contributed by atoms with E-state index in [4.69, 9.17) is 27.4 Å². The lowest BCUT2D eigenvalue weighted by Crippen LogP contribution is -2.10. The fourth-order valence-electron chi connectivity index (χ4n) is 1.93. The Kier molecular flexibility index (Phi) is 8.23. The third-order valence-electron chi connectivity index (χ3n) is 3.02. The van der Waals surface area contributed by atoms with Gasteiger partial charge in [-0.2, -0.15) is 0 Å². The van der Waals surface area contributed by atoms with Gasteiger partial charge >= 0.3 is 0 Å². The molecule has 0 saturated heterocycles. The van der Waals surface area contributed by atoms with Crippen LogP contribution >= 0.6 is 12.2 Å². The first-order valence-electron chi connectivity index (χ1n) is 7.24. The van der Waals surface area contributed by atoms with Gasteiger partial charge in [-0.3, -0.25) is 0 Å². The molecule has 20 heavy (non-hydrogen) atoms. The predicted molar refractivity (Wildman–Crippen MR) is 87.3 cm³/mol. The highest BCUT2D eigenvalue weighted by Gasteiger charge is 2.01. The molecule has 0 fully saturated rings. The molecule has 112 valence electrons. The Hall–Kier alpha value is -1.13. The van der Waals surface area contributed by atoms with Crippen LogP contribution in [-0.2, 0) is 4.74 Å². The van der Waals surface area contributed by atoms with Crippen LogP contribution in [0.1, 0.15) is 38.7 Å². The molecule has 1 unspecified atom stereocenters. The van der Waals surface area contributed by atoms with E-state index in [1.165, 1.54) is 12.8 Å². The van der Waals surface area contributed by atoms with E-state index >= 15 is 0 Å². The molecular formula is C16H25NO2S. The number of ether oxygens (including phenoxy) is 2. The molecule has 1 rings (SSSR count). The highest BCUT2D eigenvalue weighted by Crippen LogP contribution is 2.12. The smallest absolute Gasteiger partial charge is 0.119 e.